The summed E-state index contributed by atoms with van der Waals surface area (Å²) in [7, 11) is 0. The Morgan fingerprint density at radius 2 is 2.09 bits per heavy atom. The number of non-ortho nitro benzene ring substituents is 1. The molecule has 0 saturated carbocycles. The molecular weight excluding hydrogens is 294 g/mol. The Hall–Kier alpha value is -3.02. The summed E-state index contributed by atoms with van der Waals surface area (Å²) in [5.41, 5.74) is 5.18. The van der Waals surface area contributed by atoms with Crippen molar-refractivity contribution >= 4 is 23.0 Å². The molecular formula is C17H14N3O3+. The van der Waals surface area contributed by atoms with Gasteiger partial charge in [-0.15, -0.1) is 0 Å². The summed E-state index contributed by atoms with van der Waals surface area (Å²) < 4.78 is 7.53. The van der Waals surface area contributed by atoms with E-state index in [1.54, 1.807) is 16.7 Å². The van der Waals surface area contributed by atoms with Gasteiger partial charge < -0.3 is 4.52 Å². The summed E-state index contributed by atoms with van der Waals surface area (Å²) in [6.45, 7) is 1.90. The van der Waals surface area contributed by atoms with Crippen molar-refractivity contribution in [2.75, 3.05) is 0 Å². The number of fused-ring (bicyclic) bond motifs is 3. The molecule has 6 nitrogen and oxygen atoms in total. The van der Waals surface area contributed by atoms with Crippen molar-refractivity contribution in [1.29, 1.82) is 0 Å². The maximum Gasteiger partial charge on any atom is 0.366 e. The average Bonchev–Trinajstić information content (AvgIpc) is 3.10. The number of rotatable bonds is 2. The number of allylic oxidation sites excluding steroid dienone is 1. The van der Waals surface area contributed by atoms with Crippen LogP contribution < -0.4 is 4.57 Å². The Balaban J connectivity index is 1.80. The van der Waals surface area contributed by atoms with Gasteiger partial charge in [-0.25, -0.2) is 0 Å². The molecule has 6 heteroatoms. The molecule has 114 valence electrons. The smallest absolute Gasteiger partial charge is 0.300 e. The molecule has 23 heavy (non-hydrogen) atoms. The molecule has 3 aromatic rings. The molecule has 1 aliphatic carbocycles. The zero-order chi connectivity index (χ0) is 16.0. The van der Waals surface area contributed by atoms with Crippen LogP contribution in [0.15, 0.2) is 41.1 Å². The van der Waals surface area contributed by atoms with E-state index in [0.717, 1.165) is 46.6 Å². The largest absolute Gasteiger partial charge is 0.366 e. The highest BCUT2D eigenvalue weighted by molar-refractivity contribution is 5.82. The molecule has 0 aliphatic heterocycles. The van der Waals surface area contributed by atoms with Gasteiger partial charge in [-0.1, -0.05) is 0 Å². The van der Waals surface area contributed by atoms with Gasteiger partial charge in [0.25, 0.3) is 5.69 Å². The van der Waals surface area contributed by atoms with E-state index in [2.05, 4.69) is 11.1 Å². The molecule has 0 radical (unpaired) electrons. The Labute approximate surface area is 131 Å². The molecule has 2 heterocycles. The van der Waals surface area contributed by atoms with E-state index in [1.165, 1.54) is 12.1 Å². The van der Waals surface area contributed by atoms with Gasteiger partial charge >= 0.3 is 5.65 Å². The van der Waals surface area contributed by atoms with E-state index >= 15 is 0 Å². The highest BCUT2D eigenvalue weighted by Gasteiger charge is 2.28. The summed E-state index contributed by atoms with van der Waals surface area (Å²) in [5.74, 6) is 0.812. The maximum atomic E-state index is 10.7. The number of hydrogen-bond acceptors (Lipinski definition) is 4. The molecule has 0 bridgehead atoms. The van der Waals surface area contributed by atoms with Gasteiger partial charge in [0.05, 0.1) is 11.0 Å². The van der Waals surface area contributed by atoms with Crippen molar-refractivity contribution < 1.29 is 14.0 Å². The van der Waals surface area contributed by atoms with Crippen LogP contribution in [-0.4, -0.2) is 9.91 Å². The average molecular weight is 308 g/mol. The second-order valence-corrected chi connectivity index (χ2v) is 5.65. The van der Waals surface area contributed by atoms with Crippen molar-refractivity contribution in [3.05, 3.63) is 69.2 Å². The molecule has 0 saturated heterocycles. The number of aryl methyl sites for hydroxylation is 2. The first-order chi connectivity index (χ1) is 11.1. The van der Waals surface area contributed by atoms with Crippen molar-refractivity contribution in [3.63, 3.8) is 0 Å². The first-order valence-corrected chi connectivity index (χ1v) is 7.38. The van der Waals surface area contributed by atoms with Gasteiger partial charge in [-0.2, -0.15) is 0 Å². The zero-order valence-electron chi connectivity index (χ0n) is 12.5. The lowest BCUT2D eigenvalue weighted by molar-refractivity contribution is -0.721. The molecule has 1 aromatic carbocycles. The standard InChI is InChI=1S/C17H14N3O3/c1-11-8-16-18-10-14-5-4-13(17(14)19(16)23-11)9-12-2-6-15(7-3-12)20(21)22/h2-3,6-10H,4-5H2,1H3/q+1. The van der Waals surface area contributed by atoms with Gasteiger partial charge in [0, 0.05) is 23.3 Å². The minimum Gasteiger partial charge on any atom is -0.300 e. The second kappa shape index (κ2) is 5.01. The number of nitrogens with zero attached hydrogens (tertiary/aromatic N) is 3. The molecule has 0 spiro atoms. The molecule has 0 unspecified atom stereocenters. The van der Waals surface area contributed by atoms with Crippen LogP contribution in [0.4, 0.5) is 5.69 Å². The van der Waals surface area contributed by atoms with Crippen LogP contribution >= 0.6 is 0 Å². The van der Waals surface area contributed by atoms with E-state index in [-0.39, 0.29) is 5.69 Å². The summed E-state index contributed by atoms with van der Waals surface area (Å²) in [6, 6.07) is 8.48. The summed E-state index contributed by atoms with van der Waals surface area (Å²) >= 11 is 0. The predicted octanol–water partition coefficient (Wildman–Crippen LogP) is 3.12. The lowest BCUT2D eigenvalue weighted by Gasteiger charge is -1.99. The monoisotopic (exact) mass is 308 g/mol. The third kappa shape index (κ3) is 2.28. The molecule has 0 N–H and O–H groups in total. The van der Waals surface area contributed by atoms with E-state index in [4.69, 9.17) is 4.52 Å². The SMILES string of the molecule is Cc1cc2ncc3c([n+]2o1)C(=Cc1ccc([N+](=O)[O-])cc1)CC3. The van der Waals surface area contributed by atoms with E-state index < -0.39 is 4.92 Å². The molecule has 2 aromatic heterocycles. The molecule has 0 amide bonds. The number of nitro groups is 1. The first kappa shape index (κ1) is 13.6. The van der Waals surface area contributed by atoms with Gasteiger partial charge in [0.15, 0.2) is 11.5 Å². The summed E-state index contributed by atoms with van der Waals surface area (Å²) in [5, 5.41) is 10.7. The Kier molecular flexibility index (Phi) is 2.97. The van der Waals surface area contributed by atoms with Gasteiger partial charge in [0.1, 0.15) is 6.20 Å². The van der Waals surface area contributed by atoms with Crippen LogP contribution in [0.2, 0.25) is 0 Å². The van der Waals surface area contributed by atoms with Gasteiger partial charge in [-0.3, -0.25) is 10.1 Å². The molecule has 0 fully saturated rings. The zero-order valence-corrected chi connectivity index (χ0v) is 12.5. The topological polar surface area (TPSA) is 73.3 Å². The quantitative estimate of drug-likeness (QED) is 0.414. The van der Waals surface area contributed by atoms with E-state index in [9.17, 15) is 10.1 Å². The van der Waals surface area contributed by atoms with Crippen LogP contribution in [0.1, 0.15) is 29.0 Å². The third-order valence-corrected chi connectivity index (χ3v) is 4.05. The van der Waals surface area contributed by atoms with Gasteiger partial charge in [-0.05, 0) is 53.1 Å². The molecule has 0 atom stereocenters. The van der Waals surface area contributed by atoms with Crippen molar-refractivity contribution in [2.24, 2.45) is 0 Å². The van der Waals surface area contributed by atoms with Crippen LogP contribution in [0.5, 0.6) is 0 Å². The van der Waals surface area contributed by atoms with Crippen molar-refractivity contribution in [2.45, 2.75) is 19.8 Å². The van der Waals surface area contributed by atoms with Gasteiger partial charge in [0.2, 0.25) is 0 Å². The fraction of sp³-hybridized carbons (Fsp3) is 0.176. The summed E-state index contributed by atoms with van der Waals surface area (Å²) in [6.07, 6.45) is 5.78. The highest BCUT2D eigenvalue weighted by Crippen LogP contribution is 2.31. The minimum absolute atomic E-state index is 0.0987. The highest BCUT2D eigenvalue weighted by atomic mass is 16.6. The van der Waals surface area contributed by atoms with Crippen molar-refractivity contribution in [3.8, 4) is 0 Å². The normalized spacial score (nSPS) is 15.3. The fourth-order valence-corrected chi connectivity index (χ4v) is 2.98. The second-order valence-electron chi connectivity index (χ2n) is 5.65. The lowest BCUT2D eigenvalue weighted by Crippen LogP contribution is -2.25. The first-order valence-electron chi connectivity index (χ1n) is 7.38. The van der Waals surface area contributed by atoms with Crippen LogP contribution in [0, 0.1) is 17.0 Å². The number of aromatic nitrogens is 2. The predicted molar refractivity (Wildman–Crippen MR) is 83.7 cm³/mol. The third-order valence-electron chi connectivity index (χ3n) is 4.05. The fourth-order valence-electron chi connectivity index (χ4n) is 2.98. The Bertz CT molecular complexity index is 955. The summed E-state index contributed by atoms with van der Waals surface area (Å²) in [4.78, 5) is 14.8. The molecule has 4 rings (SSSR count). The maximum absolute atomic E-state index is 10.7. The van der Waals surface area contributed by atoms with Crippen LogP contribution in [-0.2, 0) is 6.42 Å². The number of nitro benzene ring substituents is 1. The van der Waals surface area contributed by atoms with Crippen molar-refractivity contribution in [1.82, 2.24) is 4.98 Å². The Morgan fingerprint density at radius 3 is 2.83 bits per heavy atom. The van der Waals surface area contributed by atoms with Crippen LogP contribution in [0.25, 0.3) is 17.3 Å². The van der Waals surface area contributed by atoms with E-state index in [0.29, 0.717) is 0 Å². The van der Waals surface area contributed by atoms with E-state index in [1.807, 2.05) is 19.2 Å². The molecule has 1 aliphatic rings. The minimum atomic E-state index is -0.390. The van der Waals surface area contributed by atoms with Crippen LogP contribution in [0.3, 0.4) is 0 Å². The number of benzene rings is 1. The lowest BCUT2D eigenvalue weighted by atomic mass is 10.1. The Morgan fingerprint density at radius 1 is 1.30 bits per heavy atom. The number of hydrogen-bond donors (Lipinski definition) is 0.